The molecule has 5 aliphatic rings. The van der Waals surface area contributed by atoms with Crippen LogP contribution in [-0.4, -0.2) is 33.8 Å². The Hall–Kier alpha value is -1.65. The van der Waals surface area contributed by atoms with E-state index in [0.29, 0.717) is 24.7 Å². The fourth-order valence-electron chi connectivity index (χ4n) is 5.05. The van der Waals surface area contributed by atoms with Crippen molar-refractivity contribution in [3.63, 3.8) is 0 Å². The summed E-state index contributed by atoms with van der Waals surface area (Å²) in [7, 11) is 0. The van der Waals surface area contributed by atoms with Crippen molar-refractivity contribution in [3.05, 3.63) is 12.2 Å². The quantitative estimate of drug-likeness (QED) is 0.619. The highest BCUT2D eigenvalue weighted by Crippen LogP contribution is 2.65. The molecule has 2 amide bonds. The number of aliphatic carboxylic acids is 1. The topological polar surface area (TPSA) is 74.7 Å². The summed E-state index contributed by atoms with van der Waals surface area (Å²) in [6.07, 6.45) is 7.25. The summed E-state index contributed by atoms with van der Waals surface area (Å²) in [6.45, 7) is 1.98. The Morgan fingerprint density at radius 3 is 2.23 bits per heavy atom. The molecule has 118 valence electrons. The number of carboxylic acid groups (broad SMARTS) is 1. The number of carbonyl (C=O) groups excluding carboxylic acids is 2. The largest absolute Gasteiger partial charge is 0.480 e. The van der Waals surface area contributed by atoms with Crippen molar-refractivity contribution in [1.29, 1.82) is 0 Å². The molecule has 0 aromatic carbocycles. The van der Waals surface area contributed by atoms with Crippen LogP contribution in [0.3, 0.4) is 0 Å². The lowest BCUT2D eigenvalue weighted by Gasteiger charge is -2.37. The fourth-order valence-corrected chi connectivity index (χ4v) is 5.05. The van der Waals surface area contributed by atoms with Gasteiger partial charge in [-0.15, -0.1) is 0 Å². The molecule has 2 saturated carbocycles. The predicted molar refractivity (Wildman–Crippen MR) is 77.5 cm³/mol. The molecule has 2 bridgehead atoms. The van der Waals surface area contributed by atoms with Gasteiger partial charge >= 0.3 is 5.97 Å². The lowest BCUT2D eigenvalue weighted by Crippen LogP contribution is -2.45. The molecule has 3 fully saturated rings. The van der Waals surface area contributed by atoms with Crippen molar-refractivity contribution < 1.29 is 19.5 Å². The van der Waals surface area contributed by atoms with Gasteiger partial charge in [-0.1, -0.05) is 31.9 Å². The number of rotatable bonds is 5. The molecule has 0 aromatic heterocycles. The van der Waals surface area contributed by atoms with Crippen molar-refractivity contribution in [1.82, 2.24) is 4.90 Å². The van der Waals surface area contributed by atoms with Gasteiger partial charge in [-0.2, -0.15) is 0 Å². The second kappa shape index (κ2) is 4.67. The van der Waals surface area contributed by atoms with E-state index in [9.17, 15) is 19.5 Å². The van der Waals surface area contributed by atoms with E-state index in [2.05, 4.69) is 12.2 Å². The van der Waals surface area contributed by atoms with Gasteiger partial charge in [-0.3, -0.25) is 14.5 Å². The van der Waals surface area contributed by atoms with Crippen LogP contribution in [0.15, 0.2) is 12.2 Å². The molecule has 5 heteroatoms. The Morgan fingerprint density at radius 1 is 1.23 bits per heavy atom. The van der Waals surface area contributed by atoms with Crippen LogP contribution in [0.25, 0.3) is 0 Å². The lowest BCUT2D eigenvalue weighted by molar-refractivity contribution is -0.155. The van der Waals surface area contributed by atoms with Gasteiger partial charge in [0.15, 0.2) is 0 Å². The van der Waals surface area contributed by atoms with Crippen molar-refractivity contribution in [2.24, 2.45) is 35.5 Å². The molecule has 0 radical (unpaired) electrons. The molecule has 1 saturated heterocycles. The fraction of sp³-hybridized carbons (Fsp3) is 0.706. The summed E-state index contributed by atoms with van der Waals surface area (Å²) in [5, 5.41) is 9.48. The van der Waals surface area contributed by atoms with Crippen LogP contribution >= 0.6 is 0 Å². The number of hydrogen-bond donors (Lipinski definition) is 1. The van der Waals surface area contributed by atoms with E-state index in [1.807, 2.05) is 6.92 Å². The minimum atomic E-state index is -1.06. The summed E-state index contributed by atoms with van der Waals surface area (Å²) >= 11 is 0. The SMILES string of the molecule is CCCC[C@H](C(=O)O)N1C(=O)[C@@H]2[C@H]3C=C[C@@H]([C@@H]4C[C@@H]34)[C@H]2C1=O. The van der Waals surface area contributed by atoms with Crippen molar-refractivity contribution in [3.8, 4) is 0 Å². The molecule has 0 aromatic rings. The van der Waals surface area contributed by atoms with E-state index >= 15 is 0 Å². The molecule has 4 aliphatic carbocycles. The highest BCUT2D eigenvalue weighted by Gasteiger charge is 2.67. The van der Waals surface area contributed by atoms with E-state index in [0.717, 1.165) is 17.7 Å². The van der Waals surface area contributed by atoms with Crippen LogP contribution in [0.1, 0.15) is 32.6 Å². The summed E-state index contributed by atoms with van der Waals surface area (Å²) in [5.74, 6) is -0.710. The van der Waals surface area contributed by atoms with Crippen LogP contribution in [0.2, 0.25) is 0 Å². The van der Waals surface area contributed by atoms with Gasteiger partial charge in [0.05, 0.1) is 11.8 Å². The molecule has 1 N–H and O–H groups in total. The number of likely N-dealkylation sites (tertiary alicyclic amines) is 1. The van der Waals surface area contributed by atoms with Crippen LogP contribution < -0.4 is 0 Å². The summed E-state index contributed by atoms with van der Waals surface area (Å²) < 4.78 is 0. The van der Waals surface area contributed by atoms with Crippen LogP contribution in [0.4, 0.5) is 0 Å². The smallest absolute Gasteiger partial charge is 0.326 e. The molecule has 22 heavy (non-hydrogen) atoms. The second-order valence-corrected chi connectivity index (χ2v) is 7.20. The zero-order valence-electron chi connectivity index (χ0n) is 12.6. The molecule has 1 aliphatic heterocycles. The van der Waals surface area contributed by atoms with Crippen molar-refractivity contribution >= 4 is 17.8 Å². The van der Waals surface area contributed by atoms with E-state index in [4.69, 9.17) is 0 Å². The van der Waals surface area contributed by atoms with Gasteiger partial charge in [0.2, 0.25) is 11.8 Å². The first-order chi connectivity index (χ1) is 10.6. The summed E-state index contributed by atoms with van der Waals surface area (Å²) in [4.78, 5) is 38.3. The zero-order valence-corrected chi connectivity index (χ0v) is 12.6. The Balaban J connectivity index is 1.65. The Bertz CT molecular complexity index is 547. The third-order valence-corrected chi connectivity index (χ3v) is 6.12. The van der Waals surface area contributed by atoms with Gasteiger partial charge < -0.3 is 5.11 Å². The molecule has 0 unspecified atom stereocenters. The lowest BCUT2D eigenvalue weighted by atomic mass is 9.63. The third-order valence-electron chi connectivity index (χ3n) is 6.12. The van der Waals surface area contributed by atoms with Crippen LogP contribution in [-0.2, 0) is 14.4 Å². The van der Waals surface area contributed by atoms with Gasteiger partial charge in [-0.05, 0) is 36.5 Å². The van der Waals surface area contributed by atoms with E-state index in [-0.39, 0.29) is 35.5 Å². The van der Waals surface area contributed by atoms with Crippen molar-refractivity contribution in [2.45, 2.75) is 38.6 Å². The van der Waals surface area contributed by atoms with E-state index in [1.54, 1.807) is 0 Å². The summed E-state index contributed by atoms with van der Waals surface area (Å²) in [5.41, 5.74) is 0. The zero-order chi connectivity index (χ0) is 15.6. The standard InChI is InChI=1S/C17H21NO4/c1-2-3-4-12(17(21)22)18-15(19)13-8-5-6-9(11-7-10(8)11)14(13)16(18)20/h5-6,8-14H,2-4,7H2,1H3,(H,21,22)/t8-,9-,10-,11-,12+,13+,14+/m0/s1. The second-order valence-electron chi connectivity index (χ2n) is 7.20. The number of amides is 2. The number of carboxylic acids is 1. The molecule has 1 heterocycles. The molecular weight excluding hydrogens is 282 g/mol. The minimum Gasteiger partial charge on any atom is -0.480 e. The highest BCUT2D eigenvalue weighted by atomic mass is 16.4. The monoisotopic (exact) mass is 303 g/mol. The number of carbonyl (C=O) groups is 3. The maximum Gasteiger partial charge on any atom is 0.326 e. The highest BCUT2D eigenvalue weighted by molar-refractivity contribution is 6.08. The normalized spacial score (nSPS) is 42.3. The minimum absolute atomic E-state index is 0.155. The molecular formula is C17H21NO4. The molecule has 0 spiro atoms. The first kappa shape index (κ1) is 14.0. The number of imide groups is 1. The molecule has 5 nitrogen and oxygen atoms in total. The number of hydrogen-bond acceptors (Lipinski definition) is 3. The maximum atomic E-state index is 12.8. The van der Waals surface area contributed by atoms with Crippen LogP contribution in [0, 0.1) is 35.5 Å². The van der Waals surface area contributed by atoms with Crippen molar-refractivity contribution in [2.75, 3.05) is 0 Å². The molecule has 7 atom stereocenters. The molecule has 5 rings (SSSR count). The first-order valence-corrected chi connectivity index (χ1v) is 8.34. The van der Waals surface area contributed by atoms with Gasteiger partial charge in [0.1, 0.15) is 6.04 Å². The number of unbranched alkanes of at least 4 members (excludes halogenated alkanes) is 1. The van der Waals surface area contributed by atoms with Gasteiger partial charge in [-0.25, -0.2) is 4.79 Å². The summed E-state index contributed by atoms with van der Waals surface area (Å²) in [6, 6.07) is -0.985. The Labute approximate surface area is 129 Å². The van der Waals surface area contributed by atoms with Crippen LogP contribution in [0.5, 0.6) is 0 Å². The first-order valence-electron chi connectivity index (χ1n) is 8.34. The number of nitrogens with zero attached hydrogens (tertiary/aromatic N) is 1. The maximum absolute atomic E-state index is 12.8. The third kappa shape index (κ3) is 1.68. The predicted octanol–water partition coefficient (Wildman–Crippen LogP) is 1.68. The number of allylic oxidation sites excluding steroid dienone is 2. The van der Waals surface area contributed by atoms with E-state index < -0.39 is 12.0 Å². The average Bonchev–Trinajstić information content (AvgIpc) is 3.27. The Morgan fingerprint density at radius 2 is 1.77 bits per heavy atom. The Kier molecular flexibility index (Phi) is 2.97. The average molecular weight is 303 g/mol. The van der Waals surface area contributed by atoms with Gasteiger partial charge in [0, 0.05) is 0 Å². The van der Waals surface area contributed by atoms with E-state index in [1.165, 1.54) is 0 Å². The van der Waals surface area contributed by atoms with Gasteiger partial charge in [0.25, 0.3) is 0 Å².